The third-order valence-electron chi connectivity index (χ3n) is 5.15. The van der Waals surface area contributed by atoms with Gasteiger partial charge in [-0.15, -0.1) is 0 Å². The number of rotatable bonds is 2. The van der Waals surface area contributed by atoms with E-state index in [1.807, 2.05) is 0 Å². The molecule has 1 heterocycles. The molecule has 1 aliphatic heterocycles. The highest BCUT2D eigenvalue weighted by atomic mass is 19.4. The van der Waals surface area contributed by atoms with Crippen LogP contribution < -0.4 is 5.73 Å². The molecule has 1 saturated heterocycles. The van der Waals surface area contributed by atoms with Crippen molar-refractivity contribution < 1.29 is 13.2 Å². The van der Waals surface area contributed by atoms with Crippen molar-refractivity contribution in [3.05, 3.63) is 0 Å². The van der Waals surface area contributed by atoms with E-state index in [2.05, 4.69) is 16.8 Å². The van der Waals surface area contributed by atoms with Crippen LogP contribution in [0.1, 0.15) is 32.1 Å². The molecule has 2 fully saturated rings. The van der Waals surface area contributed by atoms with Gasteiger partial charge in [-0.2, -0.15) is 13.2 Å². The summed E-state index contributed by atoms with van der Waals surface area (Å²) in [6, 6.07) is 0. The Hall–Kier alpha value is -0.330. The van der Waals surface area contributed by atoms with E-state index in [0.717, 1.165) is 32.6 Å². The summed E-state index contributed by atoms with van der Waals surface area (Å²) in [5, 5.41) is 0. The number of nitrogens with two attached hydrogens (primary N) is 1. The van der Waals surface area contributed by atoms with Gasteiger partial charge in [0, 0.05) is 31.7 Å². The van der Waals surface area contributed by atoms with E-state index in [4.69, 9.17) is 5.73 Å². The lowest BCUT2D eigenvalue weighted by atomic mass is 9.75. The van der Waals surface area contributed by atoms with Gasteiger partial charge in [0.15, 0.2) is 0 Å². The fraction of sp³-hybridized carbons (Fsp3) is 1.00. The number of likely N-dealkylation sites (N-methyl/N-ethyl adjacent to an activating group) is 1. The summed E-state index contributed by atoms with van der Waals surface area (Å²) in [6.07, 6.45) is -1.35. The highest BCUT2D eigenvalue weighted by Crippen LogP contribution is 2.43. The van der Waals surface area contributed by atoms with Crippen LogP contribution in [-0.4, -0.2) is 61.3 Å². The maximum Gasteiger partial charge on any atom is 0.391 e. The molecule has 1 aliphatic carbocycles. The zero-order valence-electron chi connectivity index (χ0n) is 12.3. The van der Waals surface area contributed by atoms with Crippen LogP contribution in [0, 0.1) is 5.92 Å². The molecule has 0 aromatic rings. The molecule has 3 nitrogen and oxygen atoms in total. The summed E-state index contributed by atoms with van der Waals surface area (Å²) in [4.78, 5) is 4.65. The first kappa shape index (κ1) is 16.0. The second-order valence-electron chi connectivity index (χ2n) is 6.39. The van der Waals surface area contributed by atoms with Crippen LogP contribution in [0.2, 0.25) is 0 Å². The largest absolute Gasteiger partial charge is 0.391 e. The molecule has 2 rings (SSSR count). The van der Waals surface area contributed by atoms with E-state index in [9.17, 15) is 13.2 Å². The maximum absolute atomic E-state index is 12.8. The minimum Gasteiger partial charge on any atom is -0.329 e. The molecule has 0 aromatic carbocycles. The monoisotopic (exact) mass is 293 g/mol. The van der Waals surface area contributed by atoms with Crippen LogP contribution in [0.3, 0.4) is 0 Å². The van der Waals surface area contributed by atoms with Gasteiger partial charge in [-0.3, -0.25) is 4.90 Å². The summed E-state index contributed by atoms with van der Waals surface area (Å²) < 4.78 is 38.4. The summed E-state index contributed by atoms with van der Waals surface area (Å²) in [6.45, 7) is 4.39. The van der Waals surface area contributed by atoms with Gasteiger partial charge < -0.3 is 10.6 Å². The molecule has 20 heavy (non-hydrogen) atoms. The smallest absolute Gasteiger partial charge is 0.329 e. The number of hydrogen-bond acceptors (Lipinski definition) is 3. The fourth-order valence-electron chi connectivity index (χ4n) is 3.65. The average Bonchev–Trinajstić information content (AvgIpc) is 2.63. The van der Waals surface area contributed by atoms with Crippen molar-refractivity contribution in [2.45, 2.75) is 43.8 Å². The molecule has 0 spiro atoms. The van der Waals surface area contributed by atoms with E-state index in [-0.39, 0.29) is 18.4 Å². The third-order valence-corrected chi connectivity index (χ3v) is 5.15. The minimum atomic E-state index is -4.04. The molecule has 2 N–H and O–H groups in total. The van der Waals surface area contributed by atoms with Gasteiger partial charge in [-0.25, -0.2) is 0 Å². The summed E-state index contributed by atoms with van der Waals surface area (Å²) in [7, 11) is 2.10. The first-order valence-electron chi connectivity index (χ1n) is 7.58. The van der Waals surface area contributed by atoms with Gasteiger partial charge in [0.25, 0.3) is 0 Å². The molecule has 6 heteroatoms. The Bertz CT molecular complexity index is 311. The predicted molar refractivity (Wildman–Crippen MR) is 73.5 cm³/mol. The molecule has 2 aliphatic rings. The fourth-order valence-corrected chi connectivity index (χ4v) is 3.65. The molecule has 0 amide bonds. The van der Waals surface area contributed by atoms with Crippen molar-refractivity contribution in [1.29, 1.82) is 0 Å². The van der Waals surface area contributed by atoms with Crippen molar-refractivity contribution in [3.8, 4) is 0 Å². The van der Waals surface area contributed by atoms with Crippen LogP contribution >= 0.6 is 0 Å². The topological polar surface area (TPSA) is 32.5 Å². The van der Waals surface area contributed by atoms with Gasteiger partial charge in [-0.1, -0.05) is 0 Å². The Morgan fingerprint density at radius 3 is 2.30 bits per heavy atom. The van der Waals surface area contributed by atoms with Crippen molar-refractivity contribution in [3.63, 3.8) is 0 Å². The van der Waals surface area contributed by atoms with E-state index < -0.39 is 12.1 Å². The van der Waals surface area contributed by atoms with Crippen LogP contribution in [0.5, 0.6) is 0 Å². The molecular weight excluding hydrogens is 267 g/mol. The highest BCUT2D eigenvalue weighted by Gasteiger charge is 2.47. The molecule has 0 radical (unpaired) electrons. The molecule has 0 unspecified atom stereocenters. The molecule has 0 atom stereocenters. The van der Waals surface area contributed by atoms with E-state index in [0.29, 0.717) is 19.4 Å². The Labute approximate surface area is 119 Å². The van der Waals surface area contributed by atoms with Gasteiger partial charge in [-0.05, 0) is 45.7 Å². The lowest BCUT2D eigenvalue weighted by Crippen LogP contribution is -2.57. The first-order valence-corrected chi connectivity index (χ1v) is 7.58. The standard InChI is InChI=1S/C14H26F3N3/c1-19-7-2-8-20(10-9-19)13(11-18)5-3-12(4-6-13)14(15,16)17/h12H,2-11,18H2,1H3. The SMILES string of the molecule is CN1CCCN(C2(CN)CCC(C(F)(F)F)CC2)CC1. The molecule has 1 saturated carbocycles. The Kier molecular flexibility index (Phi) is 4.97. The van der Waals surface area contributed by atoms with Gasteiger partial charge in [0.05, 0.1) is 5.92 Å². The number of alkyl halides is 3. The maximum atomic E-state index is 12.8. The number of halogens is 3. The Morgan fingerprint density at radius 2 is 1.75 bits per heavy atom. The van der Waals surface area contributed by atoms with Crippen LogP contribution in [-0.2, 0) is 0 Å². The predicted octanol–water partition coefficient (Wildman–Crippen LogP) is 2.07. The van der Waals surface area contributed by atoms with Crippen LogP contribution in [0.15, 0.2) is 0 Å². The second-order valence-corrected chi connectivity index (χ2v) is 6.39. The summed E-state index contributed by atoms with van der Waals surface area (Å²) >= 11 is 0. The number of hydrogen-bond donors (Lipinski definition) is 1. The van der Waals surface area contributed by atoms with Crippen molar-refractivity contribution in [1.82, 2.24) is 9.80 Å². The zero-order chi connectivity index (χ0) is 14.8. The Balaban J connectivity index is 2.01. The first-order chi connectivity index (χ1) is 9.37. The van der Waals surface area contributed by atoms with Gasteiger partial charge >= 0.3 is 6.18 Å². The summed E-state index contributed by atoms with van der Waals surface area (Å²) in [5.74, 6) is -1.13. The van der Waals surface area contributed by atoms with Gasteiger partial charge in [0.2, 0.25) is 0 Å². The molecule has 0 aromatic heterocycles. The molecule has 118 valence electrons. The average molecular weight is 293 g/mol. The third kappa shape index (κ3) is 3.46. The normalized spacial score (nSPS) is 35.0. The van der Waals surface area contributed by atoms with Crippen molar-refractivity contribution in [2.24, 2.45) is 11.7 Å². The van der Waals surface area contributed by atoms with Crippen molar-refractivity contribution in [2.75, 3.05) is 39.8 Å². The van der Waals surface area contributed by atoms with E-state index in [1.54, 1.807) is 0 Å². The molecular formula is C14H26F3N3. The number of nitrogens with zero attached hydrogens (tertiary/aromatic N) is 2. The van der Waals surface area contributed by atoms with Crippen molar-refractivity contribution >= 4 is 0 Å². The lowest BCUT2D eigenvalue weighted by molar-refractivity contribution is -0.188. The van der Waals surface area contributed by atoms with Crippen LogP contribution in [0.25, 0.3) is 0 Å². The Morgan fingerprint density at radius 1 is 1.10 bits per heavy atom. The lowest BCUT2D eigenvalue weighted by Gasteiger charge is -2.47. The highest BCUT2D eigenvalue weighted by molar-refractivity contribution is 4.97. The zero-order valence-corrected chi connectivity index (χ0v) is 12.3. The van der Waals surface area contributed by atoms with E-state index in [1.165, 1.54) is 0 Å². The second kappa shape index (κ2) is 6.20. The summed E-state index contributed by atoms with van der Waals surface area (Å²) in [5.41, 5.74) is 5.77. The molecule has 0 bridgehead atoms. The minimum absolute atomic E-state index is 0.201. The van der Waals surface area contributed by atoms with Gasteiger partial charge in [0.1, 0.15) is 0 Å². The van der Waals surface area contributed by atoms with Crippen LogP contribution in [0.4, 0.5) is 13.2 Å². The quantitative estimate of drug-likeness (QED) is 0.846. The van der Waals surface area contributed by atoms with E-state index >= 15 is 0 Å².